The van der Waals surface area contributed by atoms with Crippen LogP contribution in [0.3, 0.4) is 0 Å². The second-order valence-electron chi connectivity index (χ2n) is 6.96. The molecule has 5 heteroatoms. The molecule has 0 unspecified atom stereocenters. The highest BCUT2D eigenvalue weighted by atomic mass is 31.2. The Morgan fingerprint density at radius 1 is 0.600 bits per heavy atom. The lowest BCUT2D eigenvalue weighted by molar-refractivity contribution is 0.592. The summed E-state index contributed by atoms with van der Waals surface area (Å²) < 4.78 is 14.5. The van der Waals surface area contributed by atoms with Crippen molar-refractivity contribution in [3.8, 4) is 11.3 Å². The van der Waals surface area contributed by atoms with Gasteiger partial charge in [0.15, 0.2) is 7.14 Å². The minimum absolute atomic E-state index is 0.743. The van der Waals surface area contributed by atoms with Crippen molar-refractivity contribution in [2.75, 3.05) is 0 Å². The van der Waals surface area contributed by atoms with E-state index in [1.807, 2.05) is 78.9 Å². The van der Waals surface area contributed by atoms with Crippen molar-refractivity contribution in [3.63, 3.8) is 0 Å². The molecule has 0 saturated heterocycles. The zero-order valence-corrected chi connectivity index (χ0v) is 17.0. The van der Waals surface area contributed by atoms with Gasteiger partial charge in [-0.1, -0.05) is 42.5 Å². The van der Waals surface area contributed by atoms with E-state index in [4.69, 9.17) is 4.98 Å². The van der Waals surface area contributed by atoms with Crippen molar-refractivity contribution in [2.45, 2.75) is 0 Å². The Balaban J connectivity index is 1.69. The first-order valence-corrected chi connectivity index (χ1v) is 11.3. The highest BCUT2D eigenvalue weighted by Crippen LogP contribution is 2.42. The van der Waals surface area contributed by atoms with Gasteiger partial charge in [-0.05, 0) is 42.5 Å². The maximum absolute atomic E-state index is 14.5. The van der Waals surface area contributed by atoms with Crippen molar-refractivity contribution < 1.29 is 4.57 Å². The highest BCUT2D eigenvalue weighted by Gasteiger charge is 2.30. The minimum Gasteiger partial charge on any atom is -0.309 e. The molecule has 0 bridgehead atoms. The molecular weight excluding hydrogens is 389 g/mol. The van der Waals surface area contributed by atoms with E-state index >= 15 is 0 Å². The predicted octanol–water partition coefficient (Wildman–Crippen LogP) is 4.33. The molecule has 5 rings (SSSR count). The number of benzene rings is 2. The van der Waals surface area contributed by atoms with E-state index in [0.717, 1.165) is 38.1 Å². The lowest BCUT2D eigenvalue weighted by Gasteiger charge is -2.20. The number of hydrogen-bond acceptors (Lipinski definition) is 4. The normalized spacial score (nSPS) is 11.5. The number of hydrogen-bond donors (Lipinski definition) is 0. The Bertz CT molecular complexity index is 1330. The quantitative estimate of drug-likeness (QED) is 0.416. The van der Waals surface area contributed by atoms with Gasteiger partial charge in [-0.15, -0.1) is 0 Å². The van der Waals surface area contributed by atoms with Gasteiger partial charge in [0.1, 0.15) is 0 Å². The minimum atomic E-state index is -3.08. The molecule has 30 heavy (non-hydrogen) atoms. The molecule has 3 heterocycles. The van der Waals surface area contributed by atoms with Crippen LogP contribution in [0.5, 0.6) is 0 Å². The van der Waals surface area contributed by atoms with Crippen LogP contribution in [0.15, 0.2) is 110 Å². The molecule has 0 aliphatic rings. The molecule has 0 saturated carbocycles. The topological polar surface area (TPSA) is 55.7 Å². The van der Waals surface area contributed by atoms with Gasteiger partial charge in [0.2, 0.25) is 0 Å². The molecule has 0 radical (unpaired) electrons. The fourth-order valence-electron chi connectivity index (χ4n) is 3.64. The van der Waals surface area contributed by atoms with Crippen LogP contribution in [0.2, 0.25) is 0 Å². The summed E-state index contributed by atoms with van der Waals surface area (Å²) in [5.74, 6) is 0. The largest absolute Gasteiger partial charge is 0.309 e. The number of fused-ring (bicyclic) bond motifs is 1. The van der Waals surface area contributed by atoms with E-state index < -0.39 is 7.14 Å². The van der Waals surface area contributed by atoms with Gasteiger partial charge in [-0.2, -0.15) is 0 Å². The number of para-hydroxylation sites is 1. The van der Waals surface area contributed by atoms with Crippen LogP contribution >= 0.6 is 7.14 Å². The van der Waals surface area contributed by atoms with Gasteiger partial charge in [0, 0.05) is 51.7 Å². The monoisotopic (exact) mass is 407 g/mol. The van der Waals surface area contributed by atoms with Crippen molar-refractivity contribution in [2.24, 2.45) is 0 Å². The Morgan fingerprint density at radius 2 is 1.27 bits per heavy atom. The summed E-state index contributed by atoms with van der Waals surface area (Å²) >= 11 is 0. The van der Waals surface area contributed by atoms with Crippen LogP contribution in [0, 0.1) is 0 Å². The summed E-state index contributed by atoms with van der Waals surface area (Å²) in [6, 6.07) is 27.2. The van der Waals surface area contributed by atoms with Gasteiger partial charge in [0.05, 0.1) is 11.2 Å². The maximum atomic E-state index is 14.5. The Morgan fingerprint density at radius 3 is 1.97 bits per heavy atom. The van der Waals surface area contributed by atoms with Gasteiger partial charge in [-0.3, -0.25) is 9.97 Å². The summed E-state index contributed by atoms with van der Waals surface area (Å²) in [6.45, 7) is 0. The first-order chi connectivity index (χ1) is 14.7. The first-order valence-electron chi connectivity index (χ1n) is 9.63. The molecule has 5 aromatic rings. The van der Waals surface area contributed by atoms with Crippen LogP contribution in [-0.4, -0.2) is 15.0 Å². The van der Waals surface area contributed by atoms with Gasteiger partial charge < -0.3 is 4.57 Å². The van der Waals surface area contributed by atoms with E-state index in [-0.39, 0.29) is 0 Å². The van der Waals surface area contributed by atoms with Crippen molar-refractivity contribution >= 4 is 34.0 Å². The lowest BCUT2D eigenvalue weighted by atomic mass is 10.1. The van der Waals surface area contributed by atoms with Gasteiger partial charge >= 0.3 is 0 Å². The summed E-state index contributed by atoms with van der Waals surface area (Å²) in [7, 11) is -3.08. The molecule has 0 amide bonds. The molecule has 3 aromatic heterocycles. The predicted molar refractivity (Wildman–Crippen MR) is 122 cm³/mol. The summed E-state index contributed by atoms with van der Waals surface area (Å²) in [5.41, 5.74) is 2.72. The van der Waals surface area contributed by atoms with E-state index in [9.17, 15) is 4.57 Å². The Labute approximate surface area is 174 Å². The molecular formula is C25H18N3OP. The molecule has 0 fully saturated rings. The molecule has 0 aliphatic carbocycles. The van der Waals surface area contributed by atoms with E-state index in [0.29, 0.717) is 0 Å². The highest BCUT2D eigenvalue weighted by molar-refractivity contribution is 7.85. The second kappa shape index (κ2) is 7.66. The average Bonchev–Trinajstić information content (AvgIpc) is 2.84. The molecule has 4 nitrogen and oxygen atoms in total. The zero-order valence-electron chi connectivity index (χ0n) is 16.1. The number of rotatable bonds is 4. The third-order valence-electron chi connectivity index (χ3n) is 5.16. The van der Waals surface area contributed by atoms with Crippen LogP contribution in [0.4, 0.5) is 0 Å². The third-order valence-corrected chi connectivity index (χ3v) is 8.21. The van der Waals surface area contributed by atoms with E-state index in [1.54, 1.807) is 24.8 Å². The first kappa shape index (κ1) is 18.4. The van der Waals surface area contributed by atoms with Crippen molar-refractivity contribution in [1.29, 1.82) is 0 Å². The van der Waals surface area contributed by atoms with Crippen LogP contribution in [-0.2, 0) is 4.57 Å². The summed E-state index contributed by atoms with van der Waals surface area (Å²) in [5, 5.41) is 3.34. The smallest absolute Gasteiger partial charge is 0.171 e. The molecule has 0 N–H and O–H groups in total. The SMILES string of the molecule is O=P(c1ccncc1)(c1ccncc1)c1cccc(-c2ccc3ccccc3n2)c1. The molecule has 144 valence electrons. The van der Waals surface area contributed by atoms with E-state index in [2.05, 4.69) is 16.0 Å². The Hall–Kier alpha value is -3.62. The fourth-order valence-corrected chi connectivity index (χ4v) is 6.26. The maximum Gasteiger partial charge on any atom is 0.171 e. The molecule has 0 spiro atoms. The molecule has 0 aliphatic heterocycles. The lowest BCUT2D eigenvalue weighted by Crippen LogP contribution is -2.25. The standard InChI is InChI=1S/C25H18N3OP/c29-30(21-10-14-26-15-11-21,22-12-16-27-17-13-22)23-6-3-5-20(18-23)25-9-8-19-4-1-2-7-24(19)28-25/h1-18H. The van der Waals surface area contributed by atoms with Crippen LogP contribution < -0.4 is 15.9 Å². The van der Waals surface area contributed by atoms with Gasteiger partial charge in [0.25, 0.3) is 0 Å². The Kier molecular flexibility index (Phi) is 4.70. The van der Waals surface area contributed by atoms with E-state index in [1.165, 1.54) is 0 Å². The van der Waals surface area contributed by atoms with Crippen molar-refractivity contribution in [3.05, 3.63) is 110 Å². The zero-order chi connectivity index (χ0) is 20.4. The van der Waals surface area contributed by atoms with Gasteiger partial charge in [-0.25, -0.2) is 4.98 Å². The van der Waals surface area contributed by atoms with Crippen LogP contribution in [0.1, 0.15) is 0 Å². The molecule has 0 atom stereocenters. The number of pyridine rings is 3. The number of aromatic nitrogens is 3. The fraction of sp³-hybridized carbons (Fsp3) is 0. The van der Waals surface area contributed by atoms with Crippen molar-refractivity contribution in [1.82, 2.24) is 15.0 Å². The third kappa shape index (κ3) is 3.22. The second-order valence-corrected chi connectivity index (χ2v) is 9.73. The average molecular weight is 407 g/mol. The summed E-state index contributed by atoms with van der Waals surface area (Å²) in [4.78, 5) is 13.0. The van der Waals surface area contributed by atoms with Crippen LogP contribution in [0.25, 0.3) is 22.2 Å². The summed E-state index contributed by atoms with van der Waals surface area (Å²) in [6.07, 6.45) is 6.71. The molecule has 2 aromatic carbocycles. The number of nitrogens with zero attached hydrogens (tertiary/aromatic N) is 3.